The number of rotatable bonds is 9. The van der Waals surface area contributed by atoms with Crippen LogP contribution < -0.4 is 5.73 Å². The average molecular weight is 229 g/mol. The van der Waals surface area contributed by atoms with E-state index in [1.54, 1.807) is 12.0 Å². The number of hydrogen-bond acceptors (Lipinski definition) is 5. The molecule has 0 rings (SSSR count). The number of methoxy groups -OCH3 is 1. The molecule has 0 spiro atoms. The first-order valence-corrected chi connectivity index (χ1v) is 5.17. The molecule has 0 aliphatic carbocycles. The van der Waals surface area contributed by atoms with Crippen molar-refractivity contribution in [2.45, 2.75) is 6.42 Å². The maximum atomic E-state index is 11.6. The molecule has 0 atom stereocenters. The molecule has 0 unspecified atom stereocenters. The molecule has 0 heterocycles. The molecule has 0 radical (unpaired) electrons. The fraction of sp³-hybridized carbons (Fsp3) is 0.800. The lowest BCUT2D eigenvalue weighted by Crippen LogP contribution is -2.37. The summed E-state index contributed by atoms with van der Waals surface area (Å²) >= 11 is 0. The van der Waals surface area contributed by atoms with E-state index in [-0.39, 0.29) is 12.5 Å². The highest BCUT2D eigenvalue weighted by Gasteiger charge is 2.12. The molecular formula is C10H19N3O3. The second-order valence-corrected chi connectivity index (χ2v) is 3.12. The predicted octanol–water partition coefficient (Wildman–Crippen LogP) is -0.650. The molecular weight excluding hydrogens is 210 g/mol. The van der Waals surface area contributed by atoms with Crippen molar-refractivity contribution in [2.24, 2.45) is 5.73 Å². The van der Waals surface area contributed by atoms with Gasteiger partial charge in [0.15, 0.2) is 0 Å². The molecule has 6 nitrogen and oxygen atoms in total. The van der Waals surface area contributed by atoms with E-state index in [1.165, 1.54) is 0 Å². The molecule has 0 aromatic heterocycles. The van der Waals surface area contributed by atoms with Crippen LogP contribution in [0.5, 0.6) is 0 Å². The van der Waals surface area contributed by atoms with Gasteiger partial charge in [0, 0.05) is 26.7 Å². The summed E-state index contributed by atoms with van der Waals surface area (Å²) in [7, 11) is 1.57. The van der Waals surface area contributed by atoms with Gasteiger partial charge in [-0.1, -0.05) is 0 Å². The molecule has 0 saturated carbocycles. The monoisotopic (exact) mass is 229 g/mol. The van der Waals surface area contributed by atoms with Crippen LogP contribution in [0.15, 0.2) is 0 Å². The fourth-order valence-corrected chi connectivity index (χ4v) is 1.08. The number of carbonyl (C=O) groups is 1. The van der Waals surface area contributed by atoms with Crippen LogP contribution in [0.4, 0.5) is 0 Å². The largest absolute Gasteiger partial charge is 0.383 e. The average Bonchev–Trinajstić information content (AvgIpc) is 2.29. The zero-order valence-electron chi connectivity index (χ0n) is 9.65. The first-order valence-electron chi connectivity index (χ1n) is 5.17. The topological polar surface area (TPSA) is 88.6 Å². The van der Waals surface area contributed by atoms with Crippen molar-refractivity contribution < 1.29 is 14.3 Å². The van der Waals surface area contributed by atoms with Crippen LogP contribution in [-0.4, -0.2) is 57.4 Å². The minimum atomic E-state index is -0.138. The lowest BCUT2D eigenvalue weighted by Gasteiger charge is -2.21. The Bertz CT molecular complexity index is 228. The fourth-order valence-electron chi connectivity index (χ4n) is 1.08. The second-order valence-electron chi connectivity index (χ2n) is 3.12. The summed E-state index contributed by atoms with van der Waals surface area (Å²) < 4.78 is 9.94. The summed E-state index contributed by atoms with van der Waals surface area (Å²) in [6.07, 6.45) is 0.312. The van der Waals surface area contributed by atoms with E-state index >= 15 is 0 Å². The Balaban J connectivity index is 3.94. The summed E-state index contributed by atoms with van der Waals surface area (Å²) in [5.41, 5.74) is 5.24. The lowest BCUT2D eigenvalue weighted by molar-refractivity contribution is -0.136. The van der Waals surface area contributed by atoms with Crippen LogP contribution in [0.25, 0.3) is 0 Å². The molecule has 6 heteroatoms. The number of amides is 1. The van der Waals surface area contributed by atoms with Crippen LogP contribution in [0, 0.1) is 11.3 Å². The normalized spacial score (nSPS) is 9.81. The van der Waals surface area contributed by atoms with E-state index in [0.717, 1.165) is 0 Å². The number of nitrogens with two attached hydrogens (primary N) is 1. The van der Waals surface area contributed by atoms with Gasteiger partial charge < -0.3 is 20.1 Å². The molecule has 1 amide bonds. The zero-order valence-corrected chi connectivity index (χ0v) is 9.65. The molecule has 0 aliphatic heterocycles. The molecule has 2 N–H and O–H groups in total. The lowest BCUT2D eigenvalue weighted by atomic mass is 10.4. The van der Waals surface area contributed by atoms with Crippen LogP contribution >= 0.6 is 0 Å². The Labute approximate surface area is 95.9 Å². The van der Waals surface area contributed by atoms with Gasteiger partial charge in [-0.3, -0.25) is 4.79 Å². The summed E-state index contributed by atoms with van der Waals surface area (Å²) in [6, 6.07) is 2.00. The molecule has 0 aliphatic rings. The summed E-state index contributed by atoms with van der Waals surface area (Å²) in [6.45, 7) is 2.10. The van der Waals surface area contributed by atoms with Gasteiger partial charge >= 0.3 is 0 Å². The van der Waals surface area contributed by atoms with Gasteiger partial charge in [-0.15, -0.1) is 0 Å². The molecule has 0 saturated heterocycles. The third-order valence-corrected chi connectivity index (χ3v) is 1.90. The van der Waals surface area contributed by atoms with Crippen LogP contribution in [0.1, 0.15) is 6.42 Å². The number of ether oxygens (including phenoxy) is 2. The number of carbonyl (C=O) groups excluding carboxylic acids is 1. The van der Waals surface area contributed by atoms with Crippen molar-refractivity contribution in [2.75, 3.05) is 46.6 Å². The highest BCUT2D eigenvalue weighted by Crippen LogP contribution is 1.94. The maximum absolute atomic E-state index is 11.6. The number of nitrogens with zero attached hydrogens (tertiary/aromatic N) is 2. The van der Waals surface area contributed by atoms with Crippen LogP contribution in [0.2, 0.25) is 0 Å². The summed E-state index contributed by atoms with van der Waals surface area (Å²) in [5.74, 6) is -0.138. The first-order chi connectivity index (χ1) is 7.76. The third kappa shape index (κ3) is 7.17. The van der Waals surface area contributed by atoms with Crippen molar-refractivity contribution >= 4 is 5.91 Å². The molecule has 0 fully saturated rings. The zero-order chi connectivity index (χ0) is 12.2. The van der Waals surface area contributed by atoms with Gasteiger partial charge in [-0.2, -0.15) is 5.26 Å². The van der Waals surface area contributed by atoms with Gasteiger partial charge in [0.1, 0.15) is 6.61 Å². The predicted molar refractivity (Wildman–Crippen MR) is 58.6 cm³/mol. The van der Waals surface area contributed by atoms with E-state index in [4.69, 9.17) is 20.5 Å². The molecule has 0 aromatic rings. The van der Waals surface area contributed by atoms with Gasteiger partial charge in [-0.25, -0.2) is 0 Å². The van der Waals surface area contributed by atoms with Crippen molar-refractivity contribution in [3.63, 3.8) is 0 Å². The van der Waals surface area contributed by atoms with E-state index in [2.05, 4.69) is 0 Å². The Hall–Kier alpha value is -1.16. The summed E-state index contributed by atoms with van der Waals surface area (Å²) in [5, 5.41) is 8.47. The summed E-state index contributed by atoms with van der Waals surface area (Å²) in [4.78, 5) is 13.2. The van der Waals surface area contributed by atoms with Crippen LogP contribution in [0.3, 0.4) is 0 Å². The van der Waals surface area contributed by atoms with E-state index in [0.29, 0.717) is 39.3 Å². The van der Waals surface area contributed by atoms with Gasteiger partial charge in [0.25, 0.3) is 0 Å². The Kier molecular flexibility index (Phi) is 9.61. The van der Waals surface area contributed by atoms with E-state index < -0.39 is 0 Å². The smallest absolute Gasteiger partial charge is 0.248 e. The molecule has 92 valence electrons. The third-order valence-electron chi connectivity index (χ3n) is 1.90. The first kappa shape index (κ1) is 14.8. The van der Waals surface area contributed by atoms with Crippen molar-refractivity contribution in [1.29, 1.82) is 5.26 Å². The van der Waals surface area contributed by atoms with Gasteiger partial charge in [-0.05, 0) is 0 Å². The van der Waals surface area contributed by atoms with Gasteiger partial charge in [0.2, 0.25) is 5.91 Å². The molecule has 0 bridgehead atoms. The quantitative estimate of drug-likeness (QED) is 0.531. The van der Waals surface area contributed by atoms with Gasteiger partial charge in [0.05, 0.1) is 25.7 Å². The van der Waals surface area contributed by atoms with E-state index in [9.17, 15) is 4.79 Å². The Morgan fingerprint density at radius 3 is 2.75 bits per heavy atom. The minimum Gasteiger partial charge on any atom is -0.383 e. The van der Waals surface area contributed by atoms with Crippen molar-refractivity contribution in [1.82, 2.24) is 4.90 Å². The van der Waals surface area contributed by atoms with E-state index in [1.807, 2.05) is 6.07 Å². The second kappa shape index (κ2) is 10.4. The SMILES string of the molecule is COCCN(CCC#N)C(=O)COCCN. The molecule has 0 aromatic carbocycles. The highest BCUT2D eigenvalue weighted by atomic mass is 16.5. The van der Waals surface area contributed by atoms with Crippen LogP contribution in [-0.2, 0) is 14.3 Å². The number of hydrogen-bond donors (Lipinski definition) is 1. The van der Waals surface area contributed by atoms with Crippen molar-refractivity contribution in [3.8, 4) is 6.07 Å². The highest BCUT2D eigenvalue weighted by molar-refractivity contribution is 5.77. The maximum Gasteiger partial charge on any atom is 0.248 e. The standard InChI is InChI=1S/C10H19N3O3/c1-15-8-6-13(5-2-3-11)10(14)9-16-7-4-12/h2,4-9,12H2,1H3. The Morgan fingerprint density at radius 1 is 1.44 bits per heavy atom. The number of nitriles is 1. The van der Waals surface area contributed by atoms with Crippen molar-refractivity contribution in [3.05, 3.63) is 0 Å². The minimum absolute atomic E-state index is 0.00629. The molecule has 16 heavy (non-hydrogen) atoms. The Morgan fingerprint density at radius 2 is 2.19 bits per heavy atom.